The maximum absolute atomic E-state index is 12.5. The first-order chi connectivity index (χ1) is 11.6. The van der Waals surface area contributed by atoms with Gasteiger partial charge in [0.15, 0.2) is 0 Å². The Labute approximate surface area is 143 Å². The molecule has 0 unspecified atom stereocenters. The Morgan fingerprint density at radius 1 is 1.21 bits per heavy atom. The van der Waals surface area contributed by atoms with Gasteiger partial charge in [0.25, 0.3) is 5.91 Å². The number of rotatable bonds is 4. The normalized spacial score (nSPS) is 25.2. The molecule has 2 fully saturated rings. The number of benzene rings is 1. The zero-order chi connectivity index (χ0) is 16.7. The fourth-order valence-corrected chi connectivity index (χ4v) is 4.44. The van der Waals surface area contributed by atoms with E-state index in [1.807, 2.05) is 35.9 Å². The minimum absolute atomic E-state index is 0.0743. The Hall–Kier alpha value is -2.10. The van der Waals surface area contributed by atoms with Gasteiger partial charge in [-0.1, -0.05) is 18.6 Å². The molecule has 4 nitrogen and oxygen atoms in total. The molecule has 0 spiro atoms. The molecule has 24 heavy (non-hydrogen) atoms. The topological polar surface area (TPSA) is 46.9 Å². The maximum atomic E-state index is 12.5. The molecule has 0 saturated heterocycles. The molecule has 126 valence electrons. The fourth-order valence-electron chi connectivity index (χ4n) is 4.44. The van der Waals surface area contributed by atoms with Gasteiger partial charge in [0.05, 0.1) is 12.2 Å². The molecule has 1 aromatic heterocycles. The van der Waals surface area contributed by atoms with Gasteiger partial charge in [-0.2, -0.15) is 5.10 Å². The number of nitrogens with one attached hydrogen (secondary N) is 1. The van der Waals surface area contributed by atoms with Crippen molar-refractivity contribution in [2.45, 2.75) is 52.1 Å². The van der Waals surface area contributed by atoms with Crippen molar-refractivity contribution in [1.29, 1.82) is 0 Å². The van der Waals surface area contributed by atoms with E-state index in [1.54, 1.807) is 0 Å². The molecule has 1 N–H and O–H groups in total. The smallest absolute Gasteiger partial charge is 0.251 e. The highest BCUT2D eigenvalue weighted by atomic mass is 16.1. The molecule has 2 aliphatic rings. The molecule has 1 heterocycles. The van der Waals surface area contributed by atoms with E-state index in [0.717, 1.165) is 35.0 Å². The van der Waals surface area contributed by atoms with E-state index in [-0.39, 0.29) is 5.91 Å². The van der Waals surface area contributed by atoms with Crippen LogP contribution in [-0.2, 0) is 6.54 Å². The molecule has 2 bridgehead atoms. The van der Waals surface area contributed by atoms with Crippen LogP contribution in [0.25, 0.3) is 0 Å². The summed E-state index contributed by atoms with van der Waals surface area (Å²) in [6.45, 7) is 4.82. The first-order valence-electron chi connectivity index (χ1n) is 8.99. The predicted octanol–water partition coefficient (Wildman–Crippen LogP) is 3.47. The molecule has 2 aliphatic carbocycles. The number of nitrogens with zero attached hydrogens (tertiary/aromatic N) is 2. The Morgan fingerprint density at radius 2 is 2.00 bits per heavy atom. The number of carbonyl (C=O) groups is 1. The van der Waals surface area contributed by atoms with Crippen LogP contribution in [-0.4, -0.2) is 21.7 Å². The molecule has 4 rings (SSSR count). The van der Waals surface area contributed by atoms with Gasteiger partial charge >= 0.3 is 0 Å². The molecule has 3 atom stereocenters. The van der Waals surface area contributed by atoms with E-state index < -0.39 is 0 Å². The van der Waals surface area contributed by atoms with E-state index >= 15 is 0 Å². The minimum Gasteiger partial charge on any atom is -0.349 e. The van der Waals surface area contributed by atoms with Gasteiger partial charge in [-0.3, -0.25) is 9.48 Å². The summed E-state index contributed by atoms with van der Waals surface area (Å²) in [5, 5.41) is 7.74. The second kappa shape index (κ2) is 6.08. The van der Waals surface area contributed by atoms with E-state index in [9.17, 15) is 4.79 Å². The molecule has 1 amide bonds. The number of hydrogen-bond donors (Lipinski definition) is 1. The van der Waals surface area contributed by atoms with Crippen molar-refractivity contribution in [3.63, 3.8) is 0 Å². The van der Waals surface area contributed by atoms with Crippen LogP contribution in [0.3, 0.4) is 0 Å². The predicted molar refractivity (Wildman–Crippen MR) is 93.9 cm³/mol. The lowest BCUT2D eigenvalue weighted by atomic mass is 9.95. The maximum Gasteiger partial charge on any atom is 0.251 e. The molecular formula is C20H25N3O. The highest BCUT2D eigenvalue weighted by Gasteiger charge is 2.40. The largest absolute Gasteiger partial charge is 0.349 e. The average molecular weight is 323 g/mol. The Bertz CT molecular complexity index is 747. The summed E-state index contributed by atoms with van der Waals surface area (Å²) in [5.41, 5.74) is 4.12. The lowest BCUT2D eigenvalue weighted by Gasteiger charge is -2.22. The molecule has 2 aromatic rings. The van der Waals surface area contributed by atoms with Gasteiger partial charge in [-0.25, -0.2) is 0 Å². The van der Waals surface area contributed by atoms with Gasteiger partial charge in [0.1, 0.15) is 0 Å². The van der Waals surface area contributed by atoms with Crippen molar-refractivity contribution >= 4 is 5.91 Å². The van der Waals surface area contributed by atoms with Crippen LogP contribution in [0.5, 0.6) is 0 Å². The monoisotopic (exact) mass is 323 g/mol. The molecule has 1 aromatic carbocycles. The van der Waals surface area contributed by atoms with Crippen molar-refractivity contribution < 1.29 is 4.79 Å². The summed E-state index contributed by atoms with van der Waals surface area (Å²) in [5.74, 6) is 1.64. The SMILES string of the molecule is Cc1cc(C)n(Cc2ccc(C(=O)N[C@@H]3C[C@@H]4CC[C@@H]3C4)cc2)n1. The van der Waals surface area contributed by atoms with Crippen LogP contribution in [0.15, 0.2) is 30.3 Å². The van der Waals surface area contributed by atoms with Crippen molar-refractivity contribution in [1.82, 2.24) is 15.1 Å². The first kappa shape index (κ1) is 15.4. The number of carbonyl (C=O) groups excluding carboxylic acids is 1. The van der Waals surface area contributed by atoms with Gasteiger partial charge in [0.2, 0.25) is 0 Å². The number of hydrogen-bond acceptors (Lipinski definition) is 2. The van der Waals surface area contributed by atoms with E-state index in [4.69, 9.17) is 0 Å². The molecule has 2 saturated carbocycles. The van der Waals surface area contributed by atoms with Crippen LogP contribution in [0.4, 0.5) is 0 Å². The van der Waals surface area contributed by atoms with Crippen molar-refractivity contribution in [3.8, 4) is 0 Å². The Balaban J connectivity index is 1.40. The Morgan fingerprint density at radius 3 is 2.58 bits per heavy atom. The zero-order valence-electron chi connectivity index (χ0n) is 14.5. The molecular weight excluding hydrogens is 298 g/mol. The molecule has 4 heteroatoms. The summed E-state index contributed by atoms with van der Waals surface area (Å²) >= 11 is 0. The van der Waals surface area contributed by atoms with Gasteiger partial charge in [-0.15, -0.1) is 0 Å². The quantitative estimate of drug-likeness (QED) is 0.936. The second-order valence-corrected chi connectivity index (χ2v) is 7.54. The summed E-state index contributed by atoms with van der Waals surface area (Å²) in [6.07, 6.45) is 5.13. The molecule has 0 aliphatic heterocycles. The van der Waals surface area contributed by atoms with E-state index in [2.05, 4.69) is 23.4 Å². The van der Waals surface area contributed by atoms with E-state index in [1.165, 1.54) is 25.7 Å². The van der Waals surface area contributed by atoms with Crippen molar-refractivity contribution in [2.24, 2.45) is 11.8 Å². The van der Waals surface area contributed by atoms with Gasteiger partial charge < -0.3 is 5.32 Å². The average Bonchev–Trinajstić information content (AvgIpc) is 3.24. The van der Waals surface area contributed by atoms with Crippen LogP contribution in [0, 0.1) is 25.7 Å². The number of amides is 1. The summed E-state index contributed by atoms with van der Waals surface area (Å²) in [6, 6.07) is 10.4. The van der Waals surface area contributed by atoms with Gasteiger partial charge in [0, 0.05) is 17.3 Å². The van der Waals surface area contributed by atoms with Gasteiger partial charge in [-0.05, 0) is 68.7 Å². The van der Waals surface area contributed by atoms with Crippen LogP contribution < -0.4 is 5.32 Å². The number of aryl methyl sites for hydroxylation is 2. The minimum atomic E-state index is 0.0743. The summed E-state index contributed by atoms with van der Waals surface area (Å²) < 4.78 is 2.00. The lowest BCUT2D eigenvalue weighted by molar-refractivity contribution is 0.0923. The van der Waals surface area contributed by atoms with Crippen molar-refractivity contribution in [3.05, 3.63) is 52.8 Å². The standard InChI is InChI=1S/C20H25N3O/c1-13-9-14(2)23(22-13)12-15-3-6-17(7-4-15)20(24)21-19-11-16-5-8-18(19)10-16/h3-4,6-7,9,16,18-19H,5,8,10-12H2,1-2H3,(H,21,24)/t16-,18-,19-/m1/s1. The third-order valence-corrected chi connectivity index (χ3v) is 5.71. The van der Waals surface area contributed by atoms with Crippen molar-refractivity contribution in [2.75, 3.05) is 0 Å². The van der Waals surface area contributed by atoms with Crippen LogP contribution in [0.1, 0.15) is 53.0 Å². The van der Waals surface area contributed by atoms with E-state index in [0.29, 0.717) is 12.0 Å². The van der Waals surface area contributed by atoms with Crippen LogP contribution >= 0.6 is 0 Å². The Kier molecular flexibility index (Phi) is 3.91. The van der Waals surface area contributed by atoms with Crippen LogP contribution in [0.2, 0.25) is 0 Å². The number of aromatic nitrogens is 2. The highest BCUT2D eigenvalue weighted by Crippen LogP contribution is 2.44. The summed E-state index contributed by atoms with van der Waals surface area (Å²) in [7, 11) is 0. The zero-order valence-corrected chi connectivity index (χ0v) is 14.5. The second-order valence-electron chi connectivity index (χ2n) is 7.54. The first-order valence-corrected chi connectivity index (χ1v) is 8.99. The third kappa shape index (κ3) is 2.97. The highest BCUT2D eigenvalue weighted by molar-refractivity contribution is 5.94. The lowest BCUT2D eigenvalue weighted by Crippen LogP contribution is -2.38. The third-order valence-electron chi connectivity index (χ3n) is 5.71. The summed E-state index contributed by atoms with van der Waals surface area (Å²) in [4.78, 5) is 12.5. The molecule has 0 radical (unpaired) electrons. The fraction of sp³-hybridized carbons (Fsp3) is 0.500. The number of fused-ring (bicyclic) bond motifs is 2.